The van der Waals surface area contributed by atoms with Crippen LogP contribution in [0.25, 0.3) is 0 Å². The van der Waals surface area contributed by atoms with Crippen molar-refractivity contribution >= 4 is 35.4 Å². The minimum atomic E-state index is -2.25. The van der Waals surface area contributed by atoms with Crippen LogP contribution in [0.15, 0.2) is 12.2 Å². The molecule has 1 heterocycles. The van der Waals surface area contributed by atoms with Crippen molar-refractivity contribution in [2.45, 2.75) is 92.1 Å². The fourth-order valence-corrected chi connectivity index (χ4v) is 9.12. The lowest BCUT2D eigenvalue weighted by Gasteiger charge is -2.71. The van der Waals surface area contributed by atoms with Crippen molar-refractivity contribution < 1.29 is 52.8 Å². The molecule has 0 bridgehead atoms. The van der Waals surface area contributed by atoms with Crippen LogP contribution in [0.2, 0.25) is 0 Å². The number of carbonyl (C=O) groups excluding carboxylic acids is 6. The lowest BCUT2D eigenvalue weighted by molar-refractivity contribution is -0.295. The average molecular weight is 577 g/mol. The minimum absolute atomic E-state index is 0.0820. The first-order valence-corrected chi connectivity index (χ1v) is 13.8. The highest BCUT2D eigenvalue weighted by Crippen LogP contribution is 2.73. The quantitative estimate of drug-likeness (QED) is 0.227. The van der Waals surface area contributed by atoms with Crippen molar-refractivity contribution in [2.75, 3.05) is 7.11 Å². The summed E-state index contributed by atoms with van der Waals surface area (Å²) in [6.45, 7) is 16.1. The number of hydrogen-bond donors (Lipinski definition) is 1. The van der Waals surface area contributed by atoms with E-state index in [0.29, 0.717) is 5.57 Å². The predicted octanol–water partition coefficient (Wildman–Crippen LogP) is 2.11. The zero-order valence-electron chi connectivity index (χ0n) is 25.1. The Hall–Kier alpha value is -3.08. The van der Waals surface area contributed by atoms with E-state index in [0.717, 1.165) is 7.11 Å². The van der Waals surface area contributed by atoms with Gasteiger partial charge in [-0.15, -0.1) is 0 Å². The van der Waals surface area contributed by atoms with Crippen LogP contribution in [0.1, 0.15) is 68.2 Å². The Labute approximate surface area is 239 Å². The fourth-order valence-electron chi connectivity index (χ4n) is 9.12. The van der Waals surface area contributed by atoms with Gasteiger partial charge in [-0.25, -0.2) is 4.79 Å². The van der Waals surface area contributed by atoms with Crippen molar-refractivity contribution in [3.63, 3.8) is 0 Å². The van der Waals surface area contributed by atoms with Crippen molar-refractivity contribution in [1.82, 2.24) is 0 Å². The number of cyclic esters (lactones) is 1. The zero-order valence-corrected chi connectivity index (χ0v) is 25.1. The van der Waals surface area contributed by atoms with E-state index in [1.807, 2.05) is 0 Å². The molecule has 1 aliphatic heterocycles. The van der Waals surface area contributed by atoms with Crippen molar-refractivity contribution in [3.8, 4) is 0 Å². The van der Waals surface area contributed by atoms with Crippen LogP contribution in [0, 0.1) is 39.4 Å². The van der Waals surface area contributed by atoms with Gasteiger partial charge < -0.3 is 24.1 Å². The third-order valence-corrected chi connectivity index (χ3v) is 11.0. The van der Waals surface area contributed by atoms with Gasteiger partial charge >= 0.3 is 23.9 Å². The third-order valence-electron chi connectivity index (χ3n) is 11.0. The molecular weight excluding hydrogens is 536 g/mol. The Morgan fingerprint density at radius 1 is 0.927 bits per heavy atom. The van der Waals surface area contributed by atoms with Gasteiger partial charge in [-0.2, -0.15) is 0 Å². The van der Waals surface area contributed by atoms with Crippen molar-refractivity contribution in [3.05, 3.63) is 12.2 Å². The fraction of sp³-hybridized carbons (Fsp3) is 0.733. The summed E-state index contributed by atoms with van der Waals surface area (Å²) in [7, 11) is 1.08. The van der Waals surface area contributed by atoms with Gasteiger partial charge in [0.1, 0.15) is 18.0 Å². The normalized spacial score (nSPS) is 44.9. The Kier molecular flexibility index (Phi) is 6.93. The van der Waals surface area contributed by atoms with E-state index in [2.05, 4.69) is 6.58 Å². The van der Waals surface area contributed by atoms with Crippen LogP contribution in [-0.2, 0) is 47.7 Å². The SMILES string of the molecule is C=C1C[C@@H]2[C@@](C)([C@H](OC(C)=O)[C@H](OC(C)=O)[C@@H]3C(C)(C)C(=O)C[C@H](O)[C@]23C)[C@H]2C(=O)O[C@@](C)(C(=O)OC)C(=O)[C@]12C. The van der Waals surface area contributed by atoms with Gasteiger partial charge in [0.25, 0.3) is 5.60 Å². The van der Waals surface area contributed by atoms with Crippen LogP contribution in [0.4, 0.5) is 0 Å². The van der Waals surface area contributed by atoms with Crippen LogP contribution in [0.3, 0.4) is 0 Å². The Bertz CT molecular complexity index is 1270. The molecule has 0 radical (unpaired) electrons. The first-order chi connectivity index (χ1) is 18.7. The molecule has 41 heavy (non-hydrogen) atoms. The summed E-state index contributed by atoms with van der Waals surface area (Å²) in [4.78, 5) is 79.6. The molecule has 0 aromatic rings. The predicted molar refractivity (Wildman–Crippen MR) is 141 cm³/mol. The summed E-state index contributed by atoms with van der Waals surface area (Å²) in [6, 6.07) is 0. The molecule has 1 saturated heterocycles. The van der Waals surface area contributed by atoms with E-state index in [1.54, 1.807) is 27.7 Å². The minimum Gasteiger partial charge on any atom is -0.466 e. The molecule has 10 atom stereocenters. The second kappa shape index (κ2) is 9.21. The van der Waals surface area contributed by atoms with Gasteiger partial charge in [0, 0.05) is 42.4 Å². The molecule has 11 nitrogen and oxygen atoms in total. The standard InChI is InChI=1S/C30H40O11/c1-13-11-16-28(7)18(34)12-17(33)26(4,5)20(28)19(39-14(2)31)22(40-15(3)32)29(16,8)21-23(35)41-30(9,25(37)38-10)24(36)27(13,21)6/h16,18-22,34H,1,11-12H2,2-10H3/t16-,18-,19+,20+,21-,22+,27+,28-,29+,30+/m0/s1. The highest BCUT2D eigenvalue weighted by atomic mass is 16.6. The van der Waals surface area contributed by atoms with Gasteiger partial charge in [-0.3, -0.25) is 24.0 Å². The number of Topliss-reactive ketones (excluding diaryl/α,β-unsaturated/α-hetero) is 2. The van der Waals surface area contributed by atoms with E-state index in [4.69, 9.17) is 18.9 Å². The summed E-state index contributed by atoms with van der Waals surface area (Å²) >= 11 is 0. The van der Waals surface area contributed by atoms with Crippen LogP contribution >= 0.6 is 0 Å². The number of methoxy groups -OCH3 is 1. The van der Waals surface area contributed by atoms with Gasteiger partial charge in [-0.1, -0.05) is 39.8 Å². The molecule has 11 heteroatoms. The van der Waals surface area contributed by atoms with Crippen LogP contribution in [-0.4, -0.2) is 71.6 Å². The second-order valence-electron chi connectivity index (χ2n) is 13.4. The number of allylic oxidation sites excluding steroid dienone is 1. The number of fused-ring (bicyclic) bond motifs is 5. The molecule has 0 unspecified atom stereocenters. The third kappa shape index (κ3) is 3.73. The Morgan fingerprint density at radius 3 is 2.00 bits per heavy atom. The molecule has 4 aliphatic rings. The van der Waals surface area contributed by atoms with Crippen LogP contribution in [0.5, 0.6) is 0 Å². The second-order valence-corrected chi connectivity index (χ2v) is 13.4. The molecule has 226 valence electrons. The topological polar surface area (TPSA) is 160 Å². The van der Waals surface area contributed by atoms with Crippen molar-refractivity contribution in [1.29, 1.82) is 0 Å². The lowest BCUT2D eigenvalue weighted by atomic mass is 9.33. The molecule has 0 spiro atoms. The molecule has 0 amide bonds. The van der Waals surface area contributed by atoms with Gasteiger partial charge in [-0.05, 0) is 26.2 Å². The number of aliphatic hydroxyl groups is 1. The molecule has 4 rings (SSSR count). The highest BCUT2D eigenvalue weighted by Gasteiger charge is 2.80. The number of hydrogen-bond acceptors (Lipinski definition) is 11. The Balaban J connectivity index is 2.07. The summed E-state index contributed by atoms with van der Waals surface area (Å²) in [5, 5.41) is 11.6. The summed E-state index contributed by atoms with van der Waals surface area (Å²) < 4.78 is 22.2. The number of rotatable bonds is 3. The number of aliphatic hydroxyl groups excluding tert-OH is 1. The van der Waals surface area contributed by atoms with E-state index in [-0.39, 0.29) is 18.6 Å². The van der Waals surface area contributed by atoms with Gasteiger partial charge in [0.05, 0.1) is 24.5 Å². The first kappa shape index (κ1) is 30.9. The Morgan fingerprint density at radius 2 is 1.49 bits per heavy atom. The van der Waals surface area contributed by atoms with Crippen molar-refractivity contribution in [2.24, 2.45) is 39.4 Å². The number of esters is 4. The number of ketones is 2. The van der Waals surface area contributed by atoms with E-state index in [9.17, 15) is 33.9 Å². The summed E-state index contributed by atoms with van der Waals surface area (Å²) in [6.07, 6.45) is -3.93. The maximum absolute atomic E-state index is 14.2. The average Bonchev–Trinajstić information content (AvgIpc) is 2.84. The summed E-state index contributed by atoms with van der Waals surface area (Å²) in [5.74, 6) is -7.34. The molecule has 3 aliphatic carbocycles. The maximum atomic E-state index is 14.2. The lowest BCUT2D eigenvalue weighted by Crippen LogP contribution is -2.79. The van der Waals surface area contributed by atoms with E-state index < -0.39 is 93.0 Å². The van der Waals surface area contributed by atoms with Gasteiger partial charge in [0.15, 0.2) is 5.78 Å². The highest BCUT2D eigenvalue weighted by molar-refractivity contribution is 6.15. The molecule has 0 aromatic carbocycles. The number of carbonyl (C=O) groups is 6. The van der Waals surface area contributed by atoms with Crippen LogP contribution < -0.4 is 0 Å². The smallest absolute Gasteiger partial charge is 0.358 e. The first-order valence-electron chi connectivity index (χ1n) is 13.8. The molecule has 3 saturated carbocycles. The molecular formula is C30H40O11. The van der Waals surface area contributed by atoms with E-state index >= 15 is 0 Å². The molecule has 1 N–H and O–H groups in total. The number of ether oxygens (including phenoxy) is 4. The summed E-state index contributed by atoms with van der Waals surface area (Å²) in [5.41, 5.74) is -7.42. The largest absolute Gasteiger partial charge is 0.466 e. The monoisotopic (exact) mass is 576 g/mol. The molecule has 0 aromatic heterocycles. The van der Waals surface area contributed by atoms with Gasteiger partial charge in [0.2, 0.25) is 0 Å². The maximum Gasteiger partial charge on any atom is 0.358 e. The molecule has 4 fully saturated rings. The van der Waals surface area contributed by atoms with E-state index in [1.165, 1.54) is 27.7 Å². The zero-order chi connectivity index (χ0) is 31.2.